The smallest absolute Gasteiger partial charge is 0.263 e. The molecule has 0 unspecified atom stereocenters. The number of hydrogen-bond donors (Lipinski definition) is 2. The molecule has 0 spiro atoms. The van der Waals surface area contributed by atoms with Gasteiger partial charge in [0, 0.05) is 18.2 Å². The monoisotopic (exact) mass is 337 g/mol. The van der Waals surface area contributed by atoms with E-state index in [-0.39, 0.29) is 22.2 Å². The highest BCUT2D eigenvalue weighted by molar-refractivity contribution is 7.92. The molecule has 1 aromatic carbocycles. The number of hydrogen-bond acceptors (Lipinski definition) is 5. The Balaban J connectivity index is 2.19. The quantitative estimate of drug-likeness (QED) is 0.841. The number of rotatable bonds is 6. The van der Waals surface area contributed by atoms with Crippen molar-refractivity contribution in [3.05, 3.63) is 41.7 Å². The molecule has 23 heavy (non-hydrogen) atoms. The zero-order chi connectivity index (χ0) is 17.0. The normalized spacial score (nSPS) is 11.5. The van der Waals surface area contributed by atoms with Crippen molar-refractivity contribution in [2.75, 3.05) is 11.3 Å². The van der Waals surface area contributed by atoms with Gasteiger partial charge in [-0.15, -0.1) is 0 Å². The molecule has 0 saturated heterocycles. The van der Waals surface area contributed by atoms with E-state index in [9.17, 15) is 13.2 Å². The van der Waals surface area contributed by atoms with Crippen LogP contribution in [0.5, 0.6) is 0 Å². The van der Waals surface area contributed by atoms with E-state index in [1.807, 2.05) is 13.8 Å². The number of aryl methyl sites for hydroxylation is 1. The lowest BCUT2D eigenvalue weighted by Crippen LogP contribution is -2.27. The molecule has 0 fully saturated rings. The molecule has 0 saturated carbocycles. The molecular weight excluding hydrogens is 318 g/mol. The summed E-state index contributed by atoms with van der Waals surface area (Å²) in [5, 5.41) is 6.34. The molecule has 1 amide bonds. The van der Waals surface area contributed by atoms with E-state index in [1.165, 1.54) is 24.3 Å². The van der Waals surface area contributed by atoms with Crippen LogP contribution in [-0.4, -0.2) is 26.0 Å². The standard InChI is InChI=1S/C15H19N3O4S/c1-10(2)9-16-15(19)12-5-4-6-13(8-12)23(20,21)18-14-7-11(3)22-17-14/h4-8,10H,9H2,1-3H3,(H,16,19)(H,17,18). The second-order valence-electron chi connectivity index (χ2n) is 5.56. The number of carbonyl (C=O) groups is 1. The Morgan fingerprint density at radius 3 is 2.65 bits per heavy atom. The van der Waals surface area contributed by atoms with Crippen LogP contribution in [-0.2, 0) is 10.0 Å². The predicted octanol–water partition coefficient (Wildman–Crippen LogP) is 2.17. The number of benzene rings is 1. The minimum absolute atomic E-state index is 0.0182. The Bertz CT molecular complexity index is 797. The van der Waals surface area contributed by atoms with Gasteiger partial charge in [-0.05, 0) is 31.0 Å². The summed E-state index contributed by atoms with van der Waals surface area (Å²) >= 11 is 0. The fraction of sp³-hybridized carbons (Fsp3) is 0.333. The maximum absolute atomic E-state index is 12.3. The van der Waals surface area contributed by atoms with Gasteiger partial charge in [0.25, 0.3) is 15.9 Å². The molecule has 0 radical (unpaired) electrons. The highest BCUT2D eigenvalue weighted by atomic mass is 32.2. The van der Waals surface area contributed by atoms with Crippen molar-refractivity contribution in [1.82, 2.24) is 10.5 Å². The van der Waals surface area contributed by atoms with Gasteiger partial charge in [-0.1, -0.05) is 25.1 Å². The van der Waals surface area contributed by atoms with E-state index in [0.29, 0.717) is 18.2 Å². The Hall–Kier alpha value is -2.35. The summed E-state index contributed by atoms with van der Waals surface area (Å²) in [5.74, 6) is 0.581. The van der Waals surface area contributed by atoms with Gasteiger partial charge in [-0.3, -0.25) is 9.52 Å². The fourth-order valence-electron chi connectivity index (χ4n) is 1.81. The van der Waals surface area contributed by atoms with Crippen LogP contribution >= 0.6 is 0 Å². The number of aromatic nitrogens is 1. The molecule has 7 nitrogen and oxygen atoms in total. The van der Waals surface area contributed by atoms with Gasteiger partial charge in [0.1, 0.15) is 5.76 Å². The van der Waals surface area contributed by atoms with Crippen molar-refractivity contribution >= 4 is 21.7 Å². The molecule has 2 aromatic rings. The number of sulfonamides is 1. The number of nitrogens with one attached hydrogen (secondary N) is 2. The molecule has 0 bridgehead atoms. The van der Waals surface area contributed by atoms with Crippen LogP contribution in [0.2, 0.25) is 0 Å². The summed E-state index contributed by atoms with van der Waals surface area (Å²) in [7, 11) is -3.84. The minimum Gasteiger partial charge on any atom is -0.360 e. The SMILES string of the molecule is Cc1cc(NS(=O)(=O)c2cccc(C(=O)NCC(C)C)c2)no1. The molecule has 1 heterocycles. The molecule has 0 aliphatic rings. The molecule has 124 valence electrons. The van der Waals surface area contributed by atoms with E-state index < -0.39 is 10.0 Å². The first-order chi connectivity index (χ1) is 10.8. The Labute approximate surface area is 135 Å². The molecule has 0 aliphatic heterocycles. The third kappa shape index (κ3) is 4.56. The molecular formula is C15H19N3O4S. The Morgan fingerprint density at radius 2 is 2.04 bits per heavy atom. The molecule has 0 aliphatic carbocycles. The highest BCUT2D eigenvalue weighted by Gasteiger charge is 2.18. The van der Waals surface area contributed by atoms with E-state index in [2.05, 4.69) is 15.2 Å². The van der Waals surface area contributed by atoms with Gasteiger partial charge in [-0.25, -0.2) is 8.42 Å². The second kappa shape index (κ2) is 6.82. The van der Waals surface area contributed by atoms with Crippen molar-refractivity contribution in [2.24, 2.45) is 5.92 Å². The zero-order valence-corrected chi connectivity index (χ0v) is 14.0. The third-order valence-corrected chi connectivity index (χ3v) is 4.30. The molecule has 1 aromatic heterocycles. The van der Waals surface area contributed by atoms with Crippen molar-refractivity contribution in [3.8, 4) is 0 Å². The summed E-state index contributed by atoms with van der Waals surface area (Å²) in [6.07, 6.45) is 0. The molecule has 2 N–H and O–H groups in total. The van der Waals surface area contributed by atoms with Crippen LogP contribution in [0.15, 0.2) is 39.8 Å². The van der Waals surface area contributed by atoms with Crippen LogP contribution < -0.4 is 10.0 Å². The lowest BCUT2D eigenvalue weighted by atomic mass is 10.2. The number of anilines is 1. The van der Waals surface area contributed by atoms with Crippen molar-refractivity contribution in [3.63, 3.8) is 0 Å². The van der Waals surface area contributed by atoms with Crippen LogP contribution in [0.3, 0.4) is 0 Å². The minimum atomic E-state index is -3.84. The van der Waals surface area contributed by atoms with E-state index in [4.69, 9.17) is 4.52 Å². The van der Waals surface area contributed by atoms with Crippen LogP contribution in [0.1, 0.15) is 30.0 Å². The van der Waals surface area contributed by atoms with Crippen molar-refractivity contribution in [1.29, 1.82) is 0 Å². The summed E-state index contributed by atoms with van der Waals surface area (Å²) in [4.78, 5) is 12.0. The highest BCUT2D eigenvalue weighted by Crippen LogP contribution is 2.17. The summed E-state index contributed by atoms with van der Waals surface area (Å²) < 4.78 is 31.8. The topological polar surface area (TPSA) is 101 Å². The summed E-state index contributed by atoms with van der Waals surface area (Å²) in [6.45, 7) is 6.13. The third-order valence-electron chi connectivity index (χ3n) is 2.94. The van der Waals surface area contributed by atoms with Gasteiger partial charge < -0.3 is 9.84 Å². The van der Waals surface area contributed by atoms with Crippen molar-refractivity contribution in [2.45, 2.75) is 25.7 Å². The summed E-state index contributed by atoms with van der Waals surface area (Å²) in [5.41, 5.74) is 0.282. The van der Waals surface area contributed by atoms with Gasteiger partial charge in [0.2, 0.25) is 0 Å². The Kier molecular flexibility index (Phi) is 5.05. The van der Waals surface area contributed by atoms with Crippen LogP contribution in [0.4, 0.5) is 5.82 Å². The fourth-order valence-corrected chi connectivity index (χ4v) is 2.84. The van der Waals surface area contributed by atoms with Gasteiger partial charge in [0.05, 0.1) is 4.90 Å². The number of carbonyl (C=O) groups excluding carboxylic acids is 1. The van der Waals surface area contributed by atoms with E-state index in [1.54, 1.807) is 13.0 Å². The largest absolute Gasteiger partial charge is 0.360 e. The zero-order valence-electron chi connectivity index (χ0n) is 13.2. The first kappa shape index (κ1) is 17.0. The van der Waals surface area contributed by atoms with Crippen LogP contribution in [0.25, 0.3) is 0 Å². The lowest BCUT2D eigenvalue weighted by molar-refractivity contribution is 0.0949. The van der Waals surface area contributed by atoms with Crippen molar-refractivity contribution < 1.29 is 17.7 Å². The predicted molar refractivity (Wildman–Crippen MR) is 85.7 cm³/mol. The second-order valence-corrected chi connectivity index (χ2v) is 7.24. The molecule has 8 heteroatoms. The van der Waals surface area contributed by atoms with E-state index >= 15 is 0 Å². The number of amides is 1. The average Bonchev–Trinajstić information content (AvgIpc) is 2.89. The Morgan fingerprint density at radius 1 is 1.30 bits per heavy atom. The van der Waals surface area contributed by atoms with Gasteiger partial charge >= 0.3 is 0 Å². The lowest BCUT2D eigenvalue weighted by Gasteiger charge is -2.09. The van der Waals surface area contributed by atoms with E-state index in [0.717, 1.165) is 0 Å². The van der Waals surface area contributed by atoms with Crippen LogP contribution in [0, 0.1) is 12.8 Å². The molecule has 2 rings (SSSR count). The summed E-state index contributed by atoms with van der Waals surface area (Å²) in [6, 6.07) is 7.29. The van der Waals surface area contributed by atoms with Gasteiger partial charge in [-0.2, -0.15) is 0 Å². The maximum Gasteiger partial charge on any atom is 0.263 e. The maximum atomic E-state index is 12.3. The average molecular weight is 337 g/mol. The van der Waals surface area contributed by atoms with Gasteiger partial charge in [0.15, 0.2) is 5.82 Å². The first-order valence-corrected chi connectivity index (χ1v) is 8.60. The number of nitrogens with zero attached hydrogens (tertiary/aromatic N) is 1. The first-order valence-electron chi connectivity index (χ1n) is 7.12. The molecule has 0 atom stereocenters.